The molecular weight excluding hydrogens is 581 g/mol. The van der Waals surface area contributed by atoms with E-state index in [9.17, 15) is 40.3 Å². The van der Waals surface area contributed by atoms with E-state index in [-0.39, 0.29) is 42.6 Å². The molecule has 0 aliphatic carbocycles. The van der Waals surface area contributed by atoms with Gasteiger partial charge in [0.05, 0.1) is 11.1 Å². The molecule has 4 rings (SSSR count). The van der Waals surface area contributed by atoms with Gasteiger partial charge in [0.1, 0.15) is 11.5 Å². The number of benzene rings is 3. The molecule has 0 aliphatic rings. The lowest BCUT2D eigenvalue weighted by molar-refractivity contribution is -0.140. The zero-order valence-corrected chi connectivity index (χ0v) is 22.2. The number of carbonyl (C=O) groups excluding carboxylic acids is 1. The smallest absolute Gasteiger partial charge is 0.419 e. The lowest BCUT2D eigenvalue weighted by atomic mass is 9.97. The van der Waals surface area contributed by atoms with Crippen molar-refractivity contribution in [1.82, 2.24) is 4.98 Å². The van der Waals surface area contributed by atoms with Gasteiger partial charge in [-0.25, -0.2) is 4.39 Å². The molecule has 0 fully saturated rings. The number of carboxylic acids is 1. The molecule has 5 nitrogen and oxygen atoms in total. The molecule has 0 bridgehead atoms. The maximum Gasteiger partial charge on any atom is 0.419 e. The van der Waals surface area contributed by atoms with Gasteiger partial charge >= 0.3 is 18.3 Å². The number of aromatic nitrogens is 1. The fourth-order valence-corrected chi connectivity index (χ4v) is 4.32. The zero-order valence-electron chi connectivity index (χ0n) is 22.2. The highest BCUT2D eigenvalue weighted by molar-refractivity contribution is 5.94. The van der Waals surface area contributed by atoms with Crippen molar-refractivity contribution in [3.8, 4) is 22.3 Å². The van der Waals surface area contributed by atoms with E-state index in [1.54, 1.807) is 12.1 Å². The third-order valence-corrected chi connectivity index (χ3v) is 6.56. The Morgan fingerprint density at radius 3 is 2.05 bits per heavy atom. The highest BCUT2D eigenvalue weighted by atomic mass is 19.4. The molecule has 12 heteroatoms. The van der Waals surface area contributed by atoms with Crippen LogP contribution < -0.4 is 5.32 Å². The molecule has 0 aliphatic heterocycles. The topological polar surface area (TPSA) is 79.3 Å². The fourth-order valence-electron chi connectivity index (χ4n) is 4.32. The number of rotatable bonds is 10. The van der Waals surface area contributed by atoms with Crippen molar-refractivity contribution < 1.29 is 45.4 Å². The van der Waals surface area contributed by atoms with Crippen LogP contribution in [0.5, 0.6) is 0 Å². The predicted octanol–water partition coefficient (Wildman–Crippen LogP) is 8.64. The SMILES string of the molecule is O=C(O)CCCC(=O)c1ccc(-c2cc(C(F)(F)F)ccc2CNc2ccc(-c3ccc(F)c(C(F)(F)F)c3)cc2)cn1. The summed E-state index contributed by atoms with van der Waals surface area (Å²) in [6.45, 7) is 0.0669. The first-order valence-corrected chi connectivity index (χ1v) is 12.8. The van der Waals surface area contributed by atoms with Crippen molar-refractivity contribution >= 4 is 17.4 Å². The van der Waals surface area contributed by atoms with Gasteiger partial charge in [0.2, 0.25) is 0 Å². The molecule has 0 saturated carbocycles. The number of hydrogen-bond acceptors (Lipinski definition) is 4. The minimum Gasteiger partial charge on any atom is -0.481 e. The number of aliphatic carboxylic acids is 1. The van der Waals surface area contributed by atoms with E-state index in [1.807, 2.05) is 0 Å². The summed E-state index contributed by atoms with van der Waals surface area (Å²) in [5.74, 6) is -2.81. The Morgan fingerprint density at radius 2 is 1.44 bits per heavy atom. The van der Waals surface area contributed by atoms with E-state index >= 15 is 0 Å². The van der Waals surface area contributed by atoms with Crippen LogP contribution in [0.15, 0.2) is 79.0 Å². The highest BCUT2D eigenvalue weighted by Crippen LogP contribution is 2.36. The molecule has 224 valence electrons. The standard InChI is InChI=1S/C31H23F7N2O3/c32-26-12-7-19(14-25(26)31(36,37)38)18-5-10-23(11-6-18)39-16-20-4-9-22(30(33,34)35)15-24(20)21-8-13-27(40-17-21)28(41)2-1-3-29(42)43/h4-15,17,39H,1-3,16H2,(H,42,43). The summed E-state index contributed by atoms with van der Waals surface area (Å²) in [6.07, 6.45) is -8.29. The predicted molar refractivity (Wildman–Crippen MR) is 145 cm³/mol. The van der Waals surface area contributed by atoms with Crippen LogP contribution in [0.1, 0.15) is 46.4 Å². The number of nitrogens with one attached hydrogen (secondary N) is 1. The fraction of sp³-hybridized carbons (Fsp3) is 0.194. The lowest BCUT2D eigenvalue weighted by Crippen LogP contribution is -2.08. The van der Waals surface area contributed by atoms with E-state index in [1.165, 1.54) is 42.6 Å². The molecule has 2 N–H and O–H groups in total. The van der Waals surface area contributed by atoms with Crippen molar-refractivity contribution in [2.75, 3.05) is 5.32 Å². The third kappa shape index (κ3) is 7.97. The molecule has 0 atom stereocenters. The molecule has 0 spiro atoms. The van der Waals surface area contributed by atoms with Crippen LogP contribution in [-0.4, -0.2) is 21.8 Å². The number of carboxylic acid groups (broad SMARTS) is 1. The first-order valence-electron chi connectivity index (χ1n) is 12.8. The Hall–Kier alpha value is -4.74. The van der Waals surface area contributed by atoms with Crippen molar-refractivity contribution in [3.63, 3.8) is 0 Å². The summed E-state index contributed by atoms with van der Waals surface area (Å²) < 4.78 is 93.4. The normalized spacial score (nSPS) is 11.8. The van der Waals surface area contributed by atoms with Crippen molar-refractivity contribution in [1.29, 1.82) is 0 Å². The summed E-state index contributed by atoms with van der Waals surface area (Å²) >= 11 is 0. The van der Waals surface area contributed by atoms with Crippen molar-refractivity contribution in [3.05, 3.63) is 107 Å². The van der Waals surface area contributed by atoms with Gasteiger partial charge in [-0.3, -0.25) is 14.6 Å². The summed E-state index contributed by atoms with van der Waals surface area (Å²) in [6, 6.07) is 14.9. The van der Waals surface area contributed by atoms with Gasteiger partial charge in [0, 0.05) is 36.8 Å². The molecular formula is C31H23F7N2O3. The second kappa shape index (κ2) is 12.6. The van der Waals surface area contributed by atoms with Crippen LogP contribution in [0, 0.1) is 5.82 Å². The van der Waals surface area contributed by atoms with E-state index in [0.717, 1.165) is 24.3 Å². The van der Waals surface area contributed by atoms with Crippen LogP contribution in [0.25, 0.3) is 22.3 Å². The molecule has 0 unspecified atom stereocenters. The first-order chi connectivity index (χ1) is 20.2. The largest absolute Gasteiger partial charge is 0.481 e. The van der Waals surface area contributed by atoms with Crippen molar-refractivity contribution in [2.24, 2.45) is 0 Å². The number of nitrogens with zero attached hydrogens (tertiary/aromatic N) is 1. The van der Waals surface area contributed by atoms with Crippen LogP contribution in [-0.2, 0) is 23.7 Å². The number of ketones is 1. The lowest BCUT2D eigenvalue weighted by Gasteiger charge is -2.16. The highest BCUT2D eigenvalue weighted by Gasteiger charge is 2.34. The number of halogens is 7. The van der Waals surface area contributed by atoms with Crippen LogP contribution in [0.4, 0.5) is 36.4 Å². The molecule has 0 radical (unpaired) electrons. The number of carbonyl (C=O) groups is 2. The van der Waals surface area contributed by atoms with Gasteiger partial charge in [-0.1, -0.05) is 30.3 Å². The summed E-state index contributed by atoms with van der Waals surface area (Å²) in [7, 11) is 0. The number of Topliss-reactive ketones (excluding diaryl/α,β-unsaturated/α-hetero) is 1. The van der Waals surface area contributed by atoms with Gasteiger partial charge in [-0.15, -0.1) is 0 Å². The summed E-state index contributed by atoms with van der Waals surface area (Å²) in [5.41, 5.74) is -0.143. The maximum atomic E-state index is 13.6. The van der Waals surface area contributed by atoms with Gasteiger partial charge in [-0.05, 0) is 71.1 Å². The third-order valence-electron chi connectivity index (χ3n) is 6.56. The van der Waals surface area contributed by atoms with Crippen LogP contribution >= 0.6 is 0 Å². The summed E-state index contributed by atoms with van der Waals surface area (Å²) in [4.78, 5) is 27.0. The molecule has 4 aromatic rings. The van der Waals surface area contributed by atoms with E-state index in [2.05, 4.69) is 10.3 Å². The molecule has 3 aromatic carbocycles. The van der Waals surface area contributed by atoms with Gasteiger partial charge in [0.15, 0.2) is 5.78 Å². The number of anilines is 1. The maximum absolute atomic E-state index is 13.6. The van der Waals surface area contributed by atoms with Crippen molar-refractivity contribution in [2.45, 2.75) is 38.2 Å². The molecule has 0 saturated heterocycles. The average molecular weight is 605 g/mol. The second-order valence-electron chi connectivity index (χ2n) is 9.60. The minimum absolute atomic E-state index is 0.0409. The average Bonchev–Trinajstić information content (AvgIpc) is 2.95. The van der Waals surface area contributed by atoms with E-state index in [0.29, 0.717) is 22.4 Å². The van der Waals surface area contributed by atoms with Gasteiger partial charge in [-0.2, -0.15) is 26.3 Å². The van der Waals surface area contributed by atoms with Gasteiger partial charge in [0.25, 0.3) is 0 Å². The quantitative estimate of drug-likeness (QED) is 0.140. The minimum atomic E-state index is -4.85. The Morgan fingerprint density at radius 1 is 0.767 bits per heavy atom. The Kier molecular flexibility index (Phi) is 9.17. The Bertz CT molecular complexity index is 1610. The Labute approximate surface area is 241 Å². The molecule has 43 heavy (non-hydrogen) atoms. The molecule has 0 amide bonds. The van der Waals surface area contributed by atoms with Crippen LogP contribution in [0.3, 0.4) is 0 Å². The zero-order chi connectivity index (χ0) is 31.4. The van der Waals surface area contributed by atoms with E-state index in [4.69, 9.17) is 5.11 Å². The Balaban J connectivity index is 1.54. The summed E-state index contributed by atoms with van der Waals surface area (Å²) in [5, 5.41) is 11.8. The number of hydrogen-bond donors (Lipinski definition) is 2. The monoisotopic (exact) mass is 604 g/mol. The number of alkyl halides is 6. The van der Waals surface area contributed by atoms with Gasteiger partial charge < -0.3 is 10.4 Å². The van der Waals surface area contributed by atoms with E-state index < -0.39 is 41.0 Å². The number of pyridine rings is 1. The molecule has 1 aromatic heterocycles. The van der Waals surface area contributed by atoms with Crippen LogP contribution in [0.2, 0.25) is 0 Å². The first kappa shape index (κ1) is 31.2. The second-order valence-corrected chi connectivity index (χ2v) is 9.60. The molecule has 1 heterocycles.